The standard InChI is InChI=1S/C19H19N3O2S/c1-14-2-4-17(5-3-14)24-11-8-18(23)21-12-16-13-25-19(22-16)15-6-9-20-10-7-15/h2-7,9-10,13H,8,11-12H2,1H3,(H,21,23). The average Bonchev–Trinajstić information content (AvgIpc) is 3.11. The van der Waals surface area contributed by atoms with Gasteiger partial charge in [-0.15, -0.1) is 11.3 Å². The third kappa shape index (κ3) is 5.12. The zero-order valence-corrected chi connectivity index (χ0v) is 14.8. The van der Waals surface area contributed by atoms with E-state index in [9.17, 15) is 4.79 Å². The van der Waals surface area contributed by atoms with Gasteiger partial charge in [-0.25, -0.2) is 4.98 Å². The minimum Gasteiger partial charge on any atom is -0.493 e. The van der Waals surface area contributed by atoms with Gasteiger partial charge in [-0.1, -0.05) is 17.7 Å². The lowest BCUT2D eigenvalue weighted by atomic mass is 10.2. The summed E-state index contributed by atoms with van der Waals surface area (Å²) >= 11 is 1.56. The van der Waals surface area contributed by atoms with Crippen LogP contribution in [0.15, 0.2) is 54.2 Å². The summed E-state index contributed by atoms with van der Waals surface area (Å²) in [5.41, 5.74) is 3.06. The molecule has 0 radical (unpaired) electrons. The molecule has 3 aromatic rings. The molecule has 1 aromatic carbocycles. The van der Waals surface area contributed by atoms with Crippen LogP contribution in [0.1, 0.15) is 17.7 Å². The molecule has 0 bridgehead atoms. The summed E-state index contributed by atoms with van der Waals surface area (Å²) in [6.45, 7) is 2.80. The number of benzene rings is 1. The van der Waals surface area contributed by atoms with E-state index in [2.05, 4.69) is 15.3 Å². The van der Waals surface area contributed by atoms with Crippen LogP contribution in [0.5, 0.6) is 5.75 Å². The van der Waals surface area contributed by atoms with E-state index in [1.54, 1.807) is 23.7 Å². The Morgan fingerprint density at radius 1 is 1.16 bits per heavy atom. The summed E-state index contributed by atoms with van der Waals surface area (Å²) in [5, 5.41) is 5.75. The maximum Gasteiger partial charge on any atom is 0.223 e. The summed E-state index contributed by atoms with van der Waals surface area (Å²) in [7, 11) is 0. The normalized spacial score (nSPS) is 10.4. The minimum atomic E-state index is -0.0504. The first-order chi connectivity index (χ1) is 12.2. The Kier molecular flexibility index (Phi) is 5.74. The van der Waals surface area contributed by atoms with Gasteiger partial charge in [-0.3, -0.25) is 9.78 Å². The summed E-state index contributed by atoms with van der Waals surface area (Å²) in [4.78, 5) is 20.4. The second-order valence-electron chi connectivity index (χ2n) is 5.57. The highest BCUT2D eigenvalue weighted by Gasteiger charge is 2.07. The molecule has 6 heteroatoms. The van der Waals surface area contributed by atoms with Gasteiger partial charge in [-0.2, -0.15) is 0 Å². The van der Waals surface area contributed by atoms with E-state index in [0.29, 0.717) is 19.6 Å². The molecule has 25 heavy (non-hydrogen) atoms. The number of hydrogen-bond acceptors (Lipinski definition) is 5. The van der Waals surface area contributed by atoms with Crippen LogP contribution in [0.4, 0.5) is 0 Å². The van der Waals surface area contributed by atoms with Crippen molar-refractivity contribution in [3.63, 3.8) is 0 Å². The summed E-state index contributed by atoms with van der Waals surface area (Å²) in [6, 6.07) is 11.6. The van der Waals surface area contributed by atoms with Crippen LogP contribution in [-0.4, -0.2) is 22.5 Å². The molecule has 0 unspecified atom stereocenters. The number of nitrogens with one attached hydrogen (secondary N) is 1. The molecule has 0 fully saturated rings. The molecule has 0 spiro atoms. The molecule has 2 aromatic heterocycles. The molecule has 1 amide bonds. The fraction of sp³-hybridized carbons (Fsp3) is 0.211. The smallest absolute Gasteiger partial charge is 0.223 e. The lowest BCUT2D eigenvalue weighted by Gasteiger charge is -2.06. The molecule has 0 atom stereocenters. The highest BCUT2D eigenvalue weighted by molar-refractivity contribution is 7.13. The molecule has 128 valence electrons. The molecular formula is C19H19N3O2S. The molecule has 5 nitrogen and oxygen atoms in total. The van der Waals surface area contributed by atoms with Crippen molar-refractivity contribution in [1.29, 1.82) is 0 Å². The molecule has 0 saturated carbocycles. The van der Waals surface area contributed by atoms with Gasteiger partial charge < -0.3 is 10.1 Å². The Bertz CT molecular complexity index is 816. The first-order valence-corrected chi connectivity index (χ1v) is 8.89. The largest absolute Gasteiger partial charge is 0.493 e. The Balaban J connectivity index is 1.42. The molecule has 0 aliphatic rings. The molecule has 0 aliphatic carbocycles. The van der Waals surface area contributed by atoms with Crippen molar-refractivity contribution in [2.75, 3.05) is 6.61 Å². The number of nitrogens with zero attached hydrogens (tertiary/aromatic N) is 2. The fourth-order valence-electron chi connectivity index (χ4n) is 2.19. The van der Waals surface area contributed by atoms with E-state index in [1.165, 1.54) is 5.56 Å². The van der Waals surface area contributed by atoms with Crippen LogP contribution in [0, 0.1) is 6.92 Å². The van der Waals surface area contributed by atoms with Gasteiger partial charge in [0.1, 0.15) is 10.8 Å². The monoisotopic (exact) mass is 353 g/mol. The van der Waals surface area contributed by atoms with Crippen molar-refractivity contribution in [2.45, 2.75) is 19.9 Å². The second-order valence-corrected chi connectivity index (χ2v) is 6.43. The Morgan fingerprint density at radius 2 is 1.92 bits per heavy atom. The molecule has 0 aliphatic heterocycles. The van der Waals surface area contributed by atoms with Crippen molar-refractivity contribution in [2.24, 2.45) is 0 Å². The third-order valence-corrected chi connectivity index (χ3v) is 4.50. The van der Waals surface area contributed by atoms with E-state index in [-0.39, 0.29) is 5.91 Å². The Labute approximate surface area is 150 Å². The maximum absolute atomic E-state index is 11.9. The molecule has 1 N–H and O–H groups in total. The lowest BCUT2D eigenvalue weighted by Crippen LogP contribution is -2.24. The van der Waals surface area contributed by atoms with Gasteiger partial charge in [0.15, 0.2) is 0 Å². The number of carbonyl (C=O) groups excluding carboxylic acids is 1. The van der Waals surface area contributed by atoms with Gasteiger partial charge >= 0.3 is 0 Å². The van der Waals surface area contributed by atoms with Crippen molar-refractivity contribution in [1.82, 2.24) is 15.3 Å². The summed E-state index contributed by atoms with van der Waals surface area (Å²) < 4.78 is 5.57. The average molecular weight is 353 g/mol. The number of carbonyl (C=O) groups is 1. The first-order valence-electron chi connectivity index (χ1n) is 8.02. The van der Waals surface area contributed by atoms with Gasteiger partial charge in [-0.05, 0) is 31.2 Å². The van der Waals surface area contributed by atoms with Crippen molar-refractivity contribution >= 4 is 17.2 Å². The number of aryl methyl sites for hydroxylation is 1. The first kappa shape index (κ1) is 17.1. The number of amides is 1. The number of thiazole rings is 1. The fourth-order valence-corrected chi connectivity index (χ4v) is 3.01. The zero-order valence-electron chi connectivity index (χ0n) is 13.9. The highest BCUT2D eigenvalue weighted by atomic mass is 32.1. The Hall–Kier alpha value is -2.73. The second kappa shape index (κ2) is 8.39. The quantitative estimate of drug-likeness (QED) is 0.705. The predicted molar refractivity (Wildman–Crippen MR) is 98.5 cm³/mol. The number of ether oxygens (including phenoxy) is 1. The zero-order chi connectivity index (χ0) is 17.5. The van der Waals surface area contributed by atoms with Gasteiger partial charge in [0, 0.05) is 23.3 Å². The SMILES string of the molecule is Cc1ccc(OCCC(=O)NCc2csc(-c3ccncc3)n2)cc1. The molecule has 2 heterocycles. The van der Waals surface area contributed by atoms with E-state index in [1.807, 2.05) is 48.7 Å². The number of pyridine rings is 1. The van der Waals surface area contributed by atoms with Crippen LogP contribution in [-0.2, 0) is 11.3 Å². The van der Waals surface area contributed by atoms with Crippen molar-refractivity contribution < 1.29 is 9.53 Å². The van der Waals surface area contributed by atoms with Crippen LogP contribution in [0.25, 0.3) is 10.6 Å². The van der Waals surface area contributed by atoms with Gasteiger partial charge in [0.05, 0.1) is 25.3 Å². The lowest BCUT2D eigenvalue weighted by molar-refractivity contribution is -0.121. The number of aromatic nitrogens is 2. The summed E-state index contributed by atoms with van der Waals surface area (Å²) in [5.74, 6) is 0.727. The van der Waals surface area contributed by atoms with Crippen molar-refractivity contribution in [3.8, 4) is 16.3 Å². The predicted octanol–water partition coefficient (Wildman–Crippen LogP) is 3.60. The topological polar surface area (TPSA) is 64.1 Å². The van der Waals surface area contributed by atoms with E-state index in [4.69, 9.17) is 4.74 Å². The maximum atomic E-state index is 11.9. The highest BCUT2D eigenvalue weighted by Crippen LogP contribution is 2.22. The van der Waals surface area contributed by atoms with Gasteiger partial charge in [0.25, 0.3) is 0 Å². The number of rotatable bonds is 7. The van der Waals surface area contributed by atoms with E-state index < -0.39 is 0 Å². The van der Waals surface area contributed by atoms with E-state index >= 15 is 0 Å². The summed E-state index contributed by atoms with van der Waals surface area (Å²) in [6.07, 6.45) is 3.80. The van der Waals surface area contributed by atoms with Crippen LogP contribution < -0.4 is 10.1 Å². The van der Waals surface area contributed by atoms with Crippen molar-refractivity contribution in [3.05, 3.63) is 65.4 Å². The number of hydrogen-bond donors (Lipinski definition) is 1. The molecule has 3 rings (SSSR count). The van der Waals surface area contributed by atoms with Crippen LogP contribution in [0.3, 0.4) is 0 Å². The third-order valence-electron chi connectivity index (χ3n) is 3.56. The molecular weight excluding hydrogens is 334 g/mol. The van der Waals surface area contributed by atoms with Crippen LogP contribution >= 0.6 is 11.3 Å². The van der Waals surface area contributed by atoms with Crippen LogP contribution in [0.2, 0.25) is 0 Å². The van der Waals surface area contributed by atoms with E-state index in [0.717, 1.165) is 22.0 Å². The van der Waals surface area contributed by atoms with Gasteiger partial charge in [0.2, 0.25) is 5.91 Å². The molecule has 0 saturated heterocycles. The minimum absolute atomic E-state index is 0.0504. The Morgan fingerprint density at radius 3 is 2.68 bits per heavy atom.